The molecule has 0 aliphatic carbocycles. The Bertz CT molecular complexity index is 897. The van der Waals surface area contributed by atoms with E-state index in [4.69, 9.17) is 16.7 Å². The summed E-state index contributed by atoms with van der Waals surface area (Å²) in [5.41, 5.74) is 0.818. The van der Waals surface area contributed by atoms with Crippen molar-refractivity contribution < 1.29 is 14.3 Å². The van der Waals surface area contributed by atoms with Gasteiger partial charge < -0.3 is 10.4 Å². The lowest BCUT2D eigenvalue weighted by Gasteiger charge is -2.10. The van der Waals surface area contributed by atoms with Crippen molar-refractivity contribution in [3.05, 3.63) is 51.1 Å². The summed E-state index contributed by atoms with van der Waals surface area (Å²) >= 11 is 8.23. The predicted molar refractivity (Wildman–Crippen MR) is 90.6 cm³/mol. The third-order valence-electron chi connectivity index (χ3n) is 3.05. The highest BCUT2D eigenvalue weighted by Gasteiger charge is 2.16. The third-order valence-corrected chi connectivity index (χ3v) is 4.04. The van der Waals surface area contributed by atoms with Gasteiger partial charge in [0.05, 0.1) is 21.9 Å². The summed E-state index contributed by atoms with van der Waals surface area (Å²) in [5, 5.41) is 12.4. The van der Waals surface area contributed by atoms with Crippen molar-refractivity contribution in [3.8, 4) is 0 Å². The second kappa shape index (κ2) is 5.73. The van der Waals surface area contributed by atoms with Crippen LogP contribution in [-0.2, 0) is 0 Å². The van der Waals surface area contributed by atoms with Crippen molar-refractivity contribution in [1.82, 2.24) is 9.55 Å². The molecule has 0 saturated carbocycles. The number of aromatic nitrogens is 2. The third kappa shape index (κ3) is 2.61. The molecule has 3 aromatic rings. The van der Waals surface area contributed by atoms with E-state index in [9.17, 15) is 9.18 Å². The van der Waals surface area contributed by atoms with Crippen LogP contribution in [0.2, 0.25) is 5.02 Å². The second-order valence-electron chi connectivity index (χ2n) is 4.44. The van der Waals surface area contributed by atoms with Crippen molar-refractivity contribution >= 4 is 62.7 Å². The Morgan fingerprint density at radius 3 is 2.73 bits per heavy atom. The Morgan fingerprint density at radius 2 is 2.05 bits per heavy atom. The smallest absolute Gasteiger partial charge is 0.417 e. The van der Waals surface area contributed by atoms with E-state index in [1.807, 2.05) is 6.07 Å². The lowest BCUT2D eigenvalue weighted by Crippen LogP contribution is -2.07. The van der Waals surface area contributed by atoms with Gasteiger partial charge >= 0.3 is 6.09 Å². The zero-order chi connectivity index (χ0) is 15.9. The largest absolute Gasteiger partial charge is 0.464 e. The second-order valence-corrected chi connectivity index (χ2v) is 6.09. The normalized spacial score (nSPS) is 10.9. The van der Waals surface area contributed by atoms with Crippen LogP contribution in [0.3, 0.4) is 0 Å². The van der Waals surface area contributed by atoms with Crippen molar-refractivity contribution in [2.75, 3.05) is 5.32 Å². The Hall–Kier alpha value is -1.87. The Labute approximate surface area is 142 Å². The maximum absolute atomic E-state index is 14.6. The number of fused-ring (bicyclic) bond motifs is 1. The molecule has 2 N–H and O–H groups in total. The fourth-order valence-electron chi connectivity index (χ4n) is 2.04. The maximum Gasteiger partial charge on any atom is 0.417 e. The first-order valence-electron chi connectivity index (χ1n) is 6.08. The number of anilines is 2. The van der Waals surface area contributed by atoms with Crippen LogP contribution in [0.15, 0.2) is 36.7 Å². The van der Waals surface area contributed by atoms with Gasteiger partial charge in [0, 0.05) is 3.57 Å². The van der Waals surface area contributed by atoms with Crippen molar-refractivity contribution in [2.24, 2.45) is 0 Å². The molecule has 5 nitrogen and oxygen atoms in total. The molecular formula is C14H8ClFIN3O2. The number of halogens is 3. The molecule has 1 heterocycles. The van der Waals surface area contributed by atoms with Crippen LogP contribution in [0.4, 0.5) is 20.6 Å². The molecule has 0 saturated heterocycles. The summed E-state index contributed by atoms with van der Waals surface area (Å²) in [6.45, 7) is 0. The first-order chi connectivity index (χ1) is 10.5. The maximum atomic E-state index is 14.6. The molecule has 0 unspecified atom stereocenters. The molecule has 22 heavy (non-hydrogen) atoms. The summed E-state index contributed by atoms with van der Waals surface area (Å²) in [4.78, 5) is 15.0. The summed E-state index contributed by atoms with van der Waals surface area (Å²) in [7, 11) is 0. The molecular weight excluding hydrogens is 424 g/mol. The fourth-order valence-corrected chi connectivity index (χ4v) is 2.95. The molecule has 0 atom stereocenters. The zero-order valence-corrected chi connectivity index (χ0v) is 13.8. The van der Waals surface area contributed by atoms with E-state index in [2.05, 4.69) is 32.9 Å². The number of rotatable bonds is 2. The first kappa shape index (κ1) is 15.0. The highest BCUT2D eigenvalue weighted by Crippen LogP contribution is 2.30. The van der Waals surface area contributed by atoms with E-state index in [1.54, 1.807) is 18.2 Å². The number of hydrogen-bond acceptors (Lipinski definition) is 3. The highest BCUT2D eigenvalue weighted by atomic mass is 127. The fraction of sp³-hybridized carbons (Fsp3) is 0. The number of imidazole rings is 1. The molecule has 0 bridgehead atoms. The van der Waals surface area contributed by atoms with E-state index >= 15 is 0 Å². The van der Waals surface area contributed by atoms with Gasteiger partial charge in [-0.3, -0.25) is 0 Å². The van der Waals surface area contributed by atoms with Gasteiger partial charge in [0.15, 0.2) is 5.82 Å². The molecule has 0 aliphatic heterocycles. The van der Waals surface area contributed by atoms with E-state index in [-0.39, 0.29) is 16.7 Å². The quantitative estimate of drug-likeness (QED) is 0.577. The van der Waals surface area contributed by atoms with Gasteiger partial charge in [0.25, 0.3) is 0 Å². The Balaban J connectivity index is 2.09. The summed E-state index contributed by atoms with van der Waals surface area (Å²) in [6.07, 6.45) is -0.233. The topological polar surface area (TPSA) is 67.1 Å². The number of hydrogen-bond donors (Lipinski definition) is 2. The molecule has 0 fully saturated rings. The lowest BCUT2D eigenvalue weighted by atomic mass is 10.2. The van der Waals surface area contributed by atoms with Gasteiger partial charge in [-0.25, -0.2) is 18.7 Å². The van der Waals surface area contributed by atoms with Gasteiger partial charge in [0.2, 0.25) is 0 Å². The van der Waals surface area contributed by atoms with E-state index in [0.717, 1.165) is 14.5 Å². The standard InChI is InChI=1S/C14H8ClFIN3O2/c15-8-5-7(17)1-2-9(8)19-10-3-4-11-13(12(10)16)20(6-18-11)14(21)22/h1-6,19H,(H,21,22). The summed E-state index contributed by atoms with van der Waals surface area (Å²) in [5.74, 6) is -0.702. The Morgan fingerprint density at radius 1 is 1.32 bits per heavy atom. The van der Waals surface area contributed by atoms with E-state index in [1.165, 1.54) is 6.07 Å². The molecule has 2 aromatic carbocycles. The van der Waals surface area contributed by atoms with Crippen LogP contribution >= 0.6 is 34.2 Å². The van der Waals surface area contributed by atoms with Crippen LogP contribution in [0.5, 0.6) is 0 Å². The van der Waals surface area contributed by atoms with Crippen LogP contribution in [0, 0.1) is 9.39 Å². The van der Waals surface area contributed by atoms with Crippen molar-refractivity contribution in [1.29, 1.82) is 0 Å². The molecule has 0 amide bonds. The van der Waals surface area contributed by atoms with Crippen LogP contribution in [0.1, 0.15) is 0 Å². The SMILES string of the molecule is O=C(O)n1cnc2ccc(Nc3ccc(I)cc3Cl)c(F)c21. The number of carbonyl (C=O) groups is 1. The number of nitrogens with zero attached hydrogens (tertiary/aromatic N) is 2. The molecule has 8 heteroatoms. The predicted octanol–water partition coefficient (Wildman–Crippen LogP) is 4.70. The average molecular weight is 432 g/mol. The van der Waals surface area contributed by atoms with Crippen molar-refractivity contribution in [2.45, 2.75) is 0 Å². The molecule has 0 spiro atoms. The Kier molecular flexibility index (Phi) is 3.92. The van der Waals surface area contributed by atoms with Gasteiger partial charge in [-0.15, -0.1) is 0 Å². The minimum absolute atomic E-state index is 0.0980. The average Bonchev–Trinajstić information content (AvgIpc) is 2.89. The molecule has 1 aromatic heterocycles. The number of benzene rings is 2. The minimum atomic E-state index is -1.30. The molecule has 0 aliphatic rings. The monoisotopic (exact) mass is 431 g/mol. The minimum Gasteiger partial charge on any atom is -0.464 e. The summed E-state index contributed by atoms with van der Waals surface area (Å²) < 4.78 is 16.3. The van der Waals surface area contributed by atoms with Crippen molar-refractivity contribution in [3.63, 3.8) is 0 Å². The van der Waals surface area contributed by atoms with Gasteiger partial charge in [0.1, 0.15) is 11.8 Å². The van der Waals surface area contributed by atoms with Gasteiger partial charge in [-0.2, -0.15) is 0 Å². The van der Waals surface area contributed by atoms with E-state index in [0.29, 0.717) is 10.7 Å². The van der Waals surface area contributed by atoms with Gasteiger partial charge in [-0.1, -0.05) is 11.6 Å². The molecule has 112 valence electrons. The first-order valence-corrected chi connectivity index (χ1v) is 7.54. The van der Waals surface area contributed by atoms with Crippen LogP contribution in [0.25, 0.3) is 11.0 Å². The molecule has 3 rings (SSSR count). The van der Waals surface area contributed by atoms with Crippen LogP contribution in [-0.4, -0.2) is 20.8 Å². The molecule has 0 radical (unpaired) electrons. The highest BCUT2D eigenvalue weighted by molar-refractivity contribution is 14.1. The number of carboxylic acid groups (broad SMARTS) is 1. The number of nitrogens with one attached hydrogen (secondary N) is 1. The van der Waals surface area contributed by atoms with Crippen LogP contribution < -0.4 is 5.32 Å². The van der Waals surface area contributed by atoms with E-state index < -0.39 is 11.9 Å². The summed E-state index contributed by atoms with van der Waals surface area (Å²) in [6, 6.07) is 8.32. The lowest BCUT2D eigenvalue weighted by molar-refractivity contribution is 0.197. The van der Waals surface area contributed by atoms with Gasteiger partial charge in [-0.05, 0) is 52.9 Å². The zero-order valence-electron chi connectivity index (χ0n) is 10.8.